The molecule has 0 saturated heterocycles. The molecular weight excluding hydrogens is 357 g/mol. The van der Waals surface area contributed by atoms with Gasteiger partial charge in [-0.15, -0.1) is 0 Å². The van der Waals surface area contributed by atoms with Gasteiger partial charge in [0, 0.05) is 12.3 Å². The van der Waals surface area contributed by atoms with Gasteiger partial charge in [0.15, 0.2) is 14.9 Å². The molecule has 0 saturated carbocycles. The molecule has 0 fully saturated rings. The van der Waals surface area contributed by atoms with Gasteiger partial charge in [-0.3, -0.25) is 4.79 Å². The first-order valence-corrected chi connectivity index (χ1v) is 8.77. The average molecular weight is 370 g/mol. The van der Waals surface area contributed by atoms with Gasteiger partial charge in [0.2, 0.25) is 5.91 Å². The Bertz CT molecular complexity index is 888. The van der Waals surface area contributed by atoms with Crippen LogP contribution in [0, 0.1) is 0 Å². The molecule has 0 radical (unpaired) electrons. The number of anilines is 1. The molecular formula is C16H13F3N2O3S. The van der Waals surface area contributed by atoms with Crippen molar-refractivity contribution >= 4 is 27.5 Å². The van der Waals surface area contributed by atoms with Crippen molar-refractivity contribution < 1.29 is 26.4 Å². The second kappa shape index (κ2) is 7.06. The lowest BCUT2D eigenvalue weighted by atomic mass is 10.1. The number of alkyl halides is 3. The van der Waals surface area contributed by atoms with Crippen molar-refractivity contribution in [2.75, 3.05) is 11.6 Å². The van der Waals surface area contributed by atoms with Crippen LogP contribution in [0.2, 0.25) is 0 Å². The monoisotopic (exact) mass is 370 g/mol. The summed E-state index contributed by atoms with van der Waals surface area (Å²) in [6.07, 6.45) is 0.298. The Balaban J connectivity index is 2.01. The average Bonchev–Trinajstić information content (AvgIpc) is 2.52. The second-order valence-electron chi connectivity index (χ2n) is 5.10. The molecule has 9 heteroatoms. The van der Waals surface area contributed by atoms with Gasteiger partial charge < -0.3 is 5.32 Å². The van der Waals surface area contributed by atoms with Gasteiger partial charge in [-0.1, -0.05) is 12.1 Å². The third kappa shape index (κ3) is 5.42. The Labute approximate surface area is 142 Å². The van der Waals surface area contributed by atoms with E-state index in [4.69, 9.17) is 0 Å². The van der Waals surface area contributed by atoms with Crippen LogP contribution in [0.1, 0.15) is 11.1 Å². The molecule has 25 heavy (non-hydrogen) atoms. The van der Waals surface area contributed by atoms with Crippen LogP contribution >= 0.6 is 0 Å². The van der Waals surface area contributed by atoms with Gasteiger partial charge in [-0.25, -0.2) is 13.4 Å². The summed E-state index contributed by atoms with van der Waals surface area (Å²) in [6, 6.07) is 6.97. The molecule has 2 rings (SSSR count). The number of halogens is 3. The first-order valence-electron chi connectivity index (χ1n) is 6.88. The zero-order valence-corrected chi connectivity index (χ0v) is 13.7. The number of hydrogen-bond acceptors (Lipinski definition) is 4. The molecule has 0 aliphatic carbocycles. The lowest BCUT2D eigenvalue weighted by Gasteiger charge is -2.06. The summed E-state index contributed by atoms with van der Waals surface area (Å²) in [5, 5.41) is 2.34. The molecule has 0 unspecified atom stereocenters. The van der Waals surface area contributed by atoms with E-state index in [0.717, 1.165) is 24.5 Å². The van der Waals surface area contributed by atoms with E-state index < -0.39 is 27.5 Å². The number of aromatic nitrogens is 1. The highest BCUT2D eigenvalue weighted by molar-refractivity contribution is 7.90. The smallest absolute Gasteiger partial charge is 0.321 e. The molecule has 2 aromatic rings. The minimum Gasteiger partial charge on any atom is -0.321 e. The van der Waals surface area contributed by atoms with Gasteiger partial charge in [-0.05, 0) is 35.9 Å². The molecule has 5 nitrogen and oxygen atoms in total. The minimum absolute atomic E-state index is 0.120. The van der Waals surface area contributed by atoms with Gasteiger partial charge >= 0.3 is 6.18 Å². The SMILES string of the molecule is CS(=O)(=O)c1ccc(NC(=O)/C=C/c2ccc(C(F)(F)F)cc2)cn1. The molecule has 1 aromatic carbocycles. The van der Waals surface area contributed by atoms with Crippen LogP contribution in [-0.4, -0.2) is 25.6 Å². The number of pyridine rings is 1. The summed E-state index contributed by atoms with van der Waals surface area (Å²) in [6.45, 7) is 0. The summed E-state index contributed by atoms with van der Waals surface area (Å²) >= 11 is 0. The molecule has 0 aliphatic heterocycles. The van der Waals surface area contributed by atoms with Gasteiger partial charge in [0.05, 0.1) is 17.4 Å². The number of hydrogen-bond donors (Lipinski definition) is 1. The number of nitrogens with one attached hydrogen (secondary N) is 1. The lowest BCUT2D eigenvalue weighted by molar-refractivity contribution is -0.137. The zero-order valence-electron chi connectivity index (χ0n) is 12.9. The maximum absolute atomic E-state index is 12.5. The number of amides is 1. The minimum atomic E-state index is -4.41. The molecule has 0 spiro atoms. The number of carbonyl (C=O) groups excluding carboxylic acids is 1. The predicted molar refractivity (Wildman–Crippen MR) is 86.5 cm³/mol. The van der Waals surface area contributed by atoms with Crippen molar-refractivity contribution in [1.82, 2.24) is 4.98 Å². The van der Waals surface area contributed by atoms with E-state index in [1.165, 1.54) is 36.5 Å². The summed E-state index contributed by atoms with van der Waals surface area (Å²) in [5.41, 5.74) is -0.0608. The van der Waals surface area contributed by atoms with Gasteiger partial charge in [0.1, 0.15) is 0 Å². The lowest BCUT2D eigenvalue weighted by Crippen LogP contribution is -2.09. The van der Waals surface area contributed by atoms with E-state index in [1.54, 1.807) is 0 Å². The molecule has 0 aliphatic rings. The maximum atomic E-state index is 12.5. The Kier molecular flexibility index (Phi) is 5.27. The Hall–Kier alpha value is -2.68. The van der Waals surface area contributed by atoms with Crippen LogP contribution in [0.5, 0.6) is 0 Å². The number of nitrogens with zero attached hydrogens (tertiary/aromatic N) is 1. The first-order chi connectivity index (χ1) is 11.6. The van der Waals surface area contributed by atoms with E-state index in [2.05, 4.69) is 10.3 Å². The highest BCUT2D eigenvalue weighted by atomic mass is 32.2. The molecule has 1 amide bonds. The van der Waals surface area contributed by atoms with Crippen LogP contribution in [0.4, 0.5) is 18.9 Å². The van der Waals surface area contributed by atoms with E-state index in [9.17, 15) is 26.4 Å². The molecule has 0 bridgehead atoms. The highest BCUT2D eigenvalue weighted by Gasteiger charge is 2.29. The van der Waals surface area contributed by atoms with Crippen molar-refractivity contribution in [3.63, 3.8) is 0 Å². The normalized spacial score (nSPS) is 12.3. The molecule has 1 heterocycles. The summed E-state index contributed by atoms with van der Waals surface area (Å²) in [5.74, 6) is -0.534. The predicted octanol–water partition coefficient (Wildman–Crippen LogP) is 3.16. The van der Waals surface area contributed by atoms with Crippen LogP contribution in [-0.2, 0) is 20.8 Å². The summed E-state index contributed by atoms with van der Waals surface area (Å²) in [7, 11) is -3.43. The third-order valence-electron chi connectivity index (χ3n) is 3.05. The second-order valence-corrected chi connectivity index (χ2v) is 7.06. The summed E-state index contributed by atoms with van der Waals surface area (Å²) < 4.78 is 59.9. The Morgan fingerprint density at radius 3 is 2.24 bits per heavy atom. The van der Waals surface area contributed by atoms with Crippen LogP contribution in [0.25, 0.3) is 6.08 Å². The van der Waals surface area contributed by atoms with Crippen molar-refractivity contribution in [2.24, 2.45) is 0 Å². The number of sulfone groups is 1. The topological polar surface area (TPSA) is 76.1 Å². The van der Waals surface area contributed by atoms with E-state index in [0.29, 0.717) is 5.56 Å². The van der Waals surface area contributed by atoms with Crippen LogP contribution < -0.4 is 5.32 Å². The third-order valence-corrected chi connectivity index (χ3v) is 4.05. The van der Waals surface area contributed by atoms with Crippen LogP contribution in [0.15, 0.2) is 53.7 Å². The number of benzene rings is 1. The largest absolute Gasteiger partial charge is 0.416 e. The Morgan fingerprint density at radius 2 is 1.76 bits per heavy atom. The van der Waals surface area contributed by atoms with E-state index in [-0.39, 0.29) is 10.7 Å². The van der Waals surface area contributed by atoms with Crippen LogP contribution in [0.3, 0.4) is 0 Å². The number of rotatable bonds is 4. The molecule has 0 atom stereocenters. The molecule has 132 valence electrons. The van der Waals surface area contributed by atoms with Crippen molar-refractivity contribution in [1.29, 1.82) is 0 Å². The number of carbonyl (C=O) groups is 1. The van der Waals surface area contributed by atoms with Crippen molar-refractivity contribution in [3.05, 3.63) is 59.8 Å². The first kappa shape index (κ1) is 18.7. The van der Waals surface area contributed by atoms with E-state index >= 15 is 0 Å². The van der Waals surface area contributed by atoms with Gasteiger partial charge in [0.25, 0.3) is 0 Å². The fourth-order valence-electron chi connectivity index (χ4n) is 1.81. The van der Waals surface area contributed by atoms with Crippen molar-refractivity contribution in [3.8, 4) is 0 Å². The van der Waals surface area contributed by atoms with E-state index in [1.807, 2.05) is 0 Å². The van der Waals surface area contributed by atoms with Crippen molar-refractivity contribution in [2.45, 2.75) is 11.2 Å². The highest BCUT2D eigenvalue weighted by Crippen LogP contribution is 2.29. The quantitative estimate of drug-likeness (QED) is 0.839. The fraction of sp³-hybridized carbons (Fsp3) is 0.125. The molecule has 1 N–H and O–H groups in total. The summed E-state index contributed by atoms with van der Waals surface area (Å²) in [4.78, 5) is 15.5. The fourth-order valence-corrected chi connectivity index (χ4v) is 2.37. The maximum Gasteiger partial charge on any atom is 0.416 e. The standard InChI is InChI=1S/C16H13F3N2O3S/c1-25(23,24)15-9-7-13(10-20-15)21-14(22)8-4-11-2-5-12(6-3-11)16(17,18)19/h2-10H,1H3,(H,21,22)/b8-4+. The zero-order chi connectivity index (χ0) is 18.7. The van der Waals surface area contributed by atoms with Gasteiger partial charge in [-0.2, -0.15) is 13.2 Å². The molecule has 1 aromatic heterocycles. The Morgan fingerprint density at radius 1 is 1.12 bits per heavy atom.